The predicted molar refractivity (Wildman–Crippen MR) is 141 cm³/mol. The Hall–Kier alpha value is -3.72. The molecule has 38 heavy (non-hydrogen) atoms. The van der Waals surface area contributed by atoms with Crippen LogP contribution in [0.15, 0.2) is 34.8 Å². The summed E-state index contributed by atoms with van der Waals surface area (Å²) in [5.41, 5.74) is 3.97. The zero-order valence-corrected chi connectivity index (χ0v) is 21.6. The number of allylic oxidation sites excluding steroid dienone is 2. The third-order valence-electron chi connectivity index (χ3n) is 8.60. The van der Waals surface area contributed by atoms with E-state index in [0.717, 1.165) is 54.0 Å². The predicted octanol–water partition coefficient (Wildman–Crippen LogP) is 3.20. The molecule has 1 atom stereocenters. The highest BCUT2D eigenvalue weighted by molar-refractivity contribution is 6.03. The van der Waals surface area contributed by atoms with Crippen LogP contribution in [0.5, 0.6) is 11.5 Å². The van der Waals surface area contributed by atoms with Crippen LogP contribution < -0.4 is 20.3 Å². The molecule has 2 N–H and O–H groups in total. The summed E-state index contributed by atoms with van der Waals surface area (Å²) in [6.07, 6.45) is 4.62. The summed E-state index contributed by atoms with van der Waals surface area (Å²) in [6, 6.07) is 5.77. The van der Waals surface area contributed by atoms with Crippen molar-refractivity contribution in [3.8, 4) is 11.5 Å². The lowest BCUT2D eigenvalue weighted by Gasteiger charge is -2.32. The average molecular weight is 518 g/mol. The number of nitrogens with zero attached hydrogens (tertiary/aromatic N) is 2. The Morgan fingerprint density at radius 1 is 1.11 bits per heavy atom. The number of hydrogen-bond acceptors (Lipinski definition) is 8. The van der Waals surface area contributed by atoms with Crippen molar-refractivity contribution in [2.24, 2.45) is 5.92 Å². The highest BCUT2D eigenvalue weighted by Crippen LogP contribution is 2.49. The fraction of sp³-hybridized carbons (Fsp3) is 0.448. The Balaban J connectivity index is 1.40. The van der Waals surface area contributed by atoms with Gasteiger partial charge in [0.2, 0.25) is 0 Å². The van der Waals surface area contributed by atoms with E-state index in [1.165, 1.54) is 0 Å². The number of aromatic nitrogens is 1. The molecular weight excluding hydrogens is 486 g/mol. The summed E-state index contributed by atoms with van der Waals surface area (Å²) in [5, 5.41) is 14.8. The zero-order chi connectivity index (χ0) is 26.2. The lowest BCUT2D eigenvalue weighted by atomic mass is 9.85. The number of piperidine rings is 1. The van der Waals surface area contributed by atoms with Gasteiger partial charge in [0.1, 0.15) is 19.8 Å². The number of anilines is 1. The average Bonchev–Trinajstić information content (AvgIpc) is 3.30. The second-order valence-electron chi connectivity index (χ2n) is 10.9. The van der Waals surface area contributed by atoms with Crippen molar-refractivity contribution < 1.29 is 24.1 Å². The summed E-state index contributed by atoms with van der Waals surface area (Å²) in [6.45, 7) is 7.20. The first kappa shape index (κ1) is 23.4. The maximum absolute atomic E-state index is 13.7. The minimum Gasteiger partial charge on any atom is -0.486 e. The van der Waals surface area contributed by atoms with Gasteiger partial charge in [0.25, 0.3) is 5.56 Å². The molecule has 0 radical (unpaired) electrons. The number of carbonyl (C=O) groups excluding carboxylic acids is 1. The third kappa shape index (κ3) is 3.34. The number of nitrogens with one attached hydrogen (secondary N) is 1. The number of carbonyl (C=O) groups is 1. The molecule has 0 unspecified atom stereocenters. The Kier molecular flexibility index (Phi) is 5.17. The minimum atomic E-state index is -1.84. The summed E-state index contributed by atoms with van der Waals surface area (Å²) in [5.74, 6) is 1.39. The number of fused-ring (bicyclic) bond motifs is 5. The van der Waals surface area contributed by atoms with Gasteiger partial charge in [-0.05, 0) is 37.3 Å². The Morgan fingerprint density at radius 2 is 1.84 bits per heavy atom. The molecule has 5 aliphatic heterocycles. The molecule has 0 amide bonds. The number of esters is 1. The van der Waals surface area contributed by atoms with Gasteiger partial charge in [-0.2, -0.15) is 0 Å². The Labute approximate surface area is 220 Å². The first-order valence-corrected chi connectivity index (χ1v) is 13.4. The van der Waals surface area contributed by atoms with Gasteiger partial charge in [-0.15, -0.1) is 0 Å². The number of benzene rings is 1. The van der Waals surface area contributed by atoms with Crippen LogP contribution in [-0.2, 0) is 28.3 Å². The Bertz CT molecular complexity index is 1500. The van der Waals surface area contributed by atoms with Gasteiger partial charge >= 0.3 is 5.97 Å². The topological polar surface area (TPSA) is 102 Å². The number of aliphatic hydroxyl groups is 1. The van der Waals surface area contributed by atoms with Crippen LogP contribution in [0.2, 0.25) is 0 Å². The van der Waals surface area contributed by atoms with Gasteiger partial charge in [-0.1, -0.05) is 13.8 Å². The van der Waals surface area contributed by atoms with Gasteiger partial charge < -0.3 is 34.1 Å². The van der Waals surface area contributed by atoms with Gasteiger partial charge in [0.05, 0.1) is 29.2 Å². The van der Waals surface area contributed by atoms with E-state index in [0.29, 0.717) is 54.0 Å². The number of cyclic esters (lactones) is 1. The normalized spacial score (nSPS) is 24.9. The van der Waals surface area contributed by atoms with Crippen molar-refractivity contribution in [3.05, 3.63) is 62.7 Å². The SMILES string of the molecule is CC[C@@]1(O)C(=O)OCc2c1cc1n(c2=O)CC2=C1Nc1cc3c(cc1/C2=C\N1CCC(C)CC1)OCCO3. The molecule has 0 spiro atoms. The number of pyridine rings is 1. The number of likely N-dealkylation sites (tertiary alicyclic amines) is 1. The first-order valence-electron chi connectivity index (χ1n) is 13.4. The molecule has 1 aromatic heterocycles. The number of hydrogen-bond donors (Lipinski definition) is 2. The van der Waals surface area contributed by atoms with Crippen LogP contribution in [0.25, 0.3) is 11.3 Å². The summed E-state index contributed by atoms with van der Waals surface area (Å²) < 4.78 is 18.7. The zero-order valence-electron chi connectivity index (χ0n) is 21.6. The fourth-order valence-electron chi connectivity index (χ4n) is 6.21. The van der Waals surface area contributed by atoms with E-state index in [-0.39, 0.29) is 18.6 Å². The Morgan fingerprint density at radius 3 is 2.58 bits per heavy atom. The molecule has 9 heteroatoms. The second kappa shape index (κ2) is 8.39. The summed E-state index contributed by atoms with van der Waals surface area (Å²) in [7, 11) is 0. The molecule has 1 fully saturated rings. The molecule has 5 aliphatic rings. The molecule has 1 saturated heterocycles. The van der Waals surface area contributed by atoms with E-state index in [1.54, 1.807) is 17.6 Å². The molecule has 2 aromatic rings. The van der Waals surface area contributed by atoms with Crippen LogP contribution >= 0.6 is 0 Å². The maximum Gasteiger partial charge on any atom is 0.343 e. The lowest BCUT2D eigenvalue weighted by Crippen LogP contribution is -2.44. The molecule has 1 aromatic carbocycles. The lowest BCUT2D eigenvalue weighted by molar-refractivity contribution is -0.172. The van der Waals surface area contributed by atoms with E-state index in [9.17, 15) is 14.7 Å². The second-order valence-corrected chi connectivity index (χ2v) is 10.9. The maximum atomic E-state index is 13.7. The van der Waals surface area contributed by atoms with Crippen LogP contribution in [0.4, 0.5) is 5.69 Å². The van der Waals surface area contributed by atoms with Crippen molar-refractivity contribution in [3.63, 3.8) is 0 Å². The van der Waals surface area contributed by atoms with Crippen molar-refractivity contribution in [2.45, 2.75) is 51.9 Å². The van der Waals surface area contributed by atoms with E-state index in [1.807, 2.05) is 12.1 Å². The molecule has 0 saturated carbocycles. The van der Waals surface area contributed by atoms with Crippen molar-refractivity contribution in [1.82, 2.24) is 9.47 Å². The summed E-state index contributed by atoms with van der Waals surface area (Å²) in [4.78, 5) is 28.6. The standard InChI is InChI=1S/C29H31N3O6/c1-3-29(35)21-11-23-26-19(14-32(23)27(33)20(21)15-38-28(29)34)18(13-31-6-4-16(2)5-7-31)17-10-24-25(12-22(17)30-26)37-9-8-36-24/h10-13,16,30,35H,3-9,14-15H2,1-2H3/b18-13+/t29-/m0/s1. The highest BCUT2D eigenvalue weighted by Gasteiger charge is 2.46. The molecule has 198 valence electrons. The number of rotatable bonds is 2. The number of ether oxygens (including phenoxy) is 3. The third-order valence-corrected chi connectivity index (χ3v) is 8.60. The molecule has 9 nitrogen and oxygen atoms in total. The minimum absolute atomic E-state index is 0.117. The van der Waals surface area contributed by atoms with Crippen molar-refractivity contribution in [1.29, 1.82) is 0 Å². The van der Waals surface area contributed by atoms with Crippen molar-refractivity contribution in [2.75, 3.05) is 31.6 Å². The quantitative estimate of drug-likeness (QED) is 0.586. The van der Waals surface area contributed by atoms with E-state index < -0.39 is 11.6 Å². The smallest absolute Gasteiger partial charge is 0.343 e. The molecule has 7 rings (SSSR count). The van der Waals surface area contributed by atoms with E-state index in [4.69, 9.17) is 14.2 Å². The fourth-order valence-corrected chi connectivity index (χ4v) is 6.21. The summed E-state index contributed by atoms with van der Waals surface area (Å²) >= 11 is 0. The van der Waals surface area contributed by atoms with Crippen LogP contribution in [0.3, 0.4) is 0 Å². The van der Waals surface area contributed by atoms with Gasteiger partial charge in [-0.25, -0.2) is 4.79 Å². The van der Waals surface area contributed by atoms with E-state index >= 15 is 0 Å². The van der Waals surface area contributed by atoms with Crippen LogP contribution in [-0.4, -0.2) is 46.8 Å². The monoisotopic (exact) mass is 517 g/mol. The van der Waals surface area contributed by atoms with Crippen LogP contribution in [0, 0.1) is 5.92 Å². The van der Waals surface area contributed by atoms with Gasteiger partial charge in [0.15, 0.2) is 17.1 Å². The highest BCUT2D eigenvalue weighted by atomic mass is 16.6. The largest absolute Gasteiger partial charge is 0.486 e. The molecule has 0 bridgehead atoms. The van der Waals surface area contributed by atoms with Crippen LogP contribution in [0.1, 0.15) is 55.5 Å². The van der Waals surface area contributed by atoms with Gasteiger partial charge in [0, 0.05) is 47.6 Å². The molecule has 0 aliphatic carbocycles. The van der Waals surface area contributed by atoms with Gasteiger partial charge in [-0.3, -0.25) is 4.79 Å². The van der Waals surface area contributed by atoms with E-state index in [2.05, 4.69) is 23.3 Å². The molecular formula is C29H31N3O6. The first-order chi connectivity index (χ1) is 18.4. The van der Waals surface area contributed by atoms with Crippen molar-refractivity contribution >= 4 is 22.9 Å². The molecule has 6 heterocycles.